The first-order valence-corrected chi connectivity index (χ1v) is 6.51. The van der Waals surface area contributed by atoms with Crippen LogP contribution in [0, 0.1) is 11.8 Å². The Bertz CT molecular complexity index is 874. The number of aromatic nitrogens is 2. The van der Waals surface area contributed by atoms with Gasteiger partial charge in [0.05, 0.1) is 5.52 Å². The van der Waals surface area contributed by atoms with Crippen LogP contribution in [0.25, 0.3) is 22.2 Å². The molecule has 0 aliphatic heterocycles. The third-order valence-corrected chi connectivity index (χ3v) is 3.00. The van der Waals surface area contributed by atoms with Gasteiger partial charge < -0.3 is 13.8 Å². The lowest BCUT2D eigenvalue weighted by molar-refractivity contribution is 0.583. The molecule has 100 valence electrons. The van der Waals surface area contributed by atoms with E-state index in [0.29, 0.717) is 4.84 Å². The molecule has 4 aromatic rings. The summed E-state index contributed by atoms with van der Waals surface area (Å²) in [7, 11) is 0. The Morgan fingerprint density at radius 3 is 2.80 bits per heavy atom. The SMILES string of the molecule is Cc1ccc2oc(=S)[nH]c2c1.c1ccc2ocnc2c1. The number of benzene rings is 2. The van der Waals surface area contributed by atoms with Gasteiger partial charge in [-0.2, -0.15) is 0 Å². The minimum Gasteiger partial charge on any atom is -0.443 e. The molecule has 0 aliphatic rings. The quantitative estimate of drug-likeness (QED) is 0.478. The molecule has 2 heterocycles. The predicted octanol–water partition coefficient (Wildman–Crippen LogP) is 4.63. The highest BCUT2D eigenvalue weighted by molar-refractivity contribution is 7.71. The van der Waals surface area contributed by atoms with Gasteiger partial charge in [-0.15, -0.1) is 0 Å². The van der Waals surface area contributed by atoms with Crippen molar-refractivity contribution in [2.45, 2.75) is 6.92 Å². The Kier molecular flexibility index (Phi) is 3.35. The van der Waals surface area contributed by atoms with Crippen LogP contribution in [-0.2, 0) is 0 Å². The van der Waals surface area contributed by atoms with Crippen LogP contribution < -0.4 is 0 Å². The molecule has 0 bridgehead atoms. The number of oxazole rings is 2. The van der Waals surface area contributed by atoms with Gasteiger partial charge in [0, 0.05) is 0 Å². The molecule has 0 aliphatic carbocycles. The summed E-state index contributed by atoms with van der Waals surface area (Å²) in [4.78, 5) is 7.34. The third-order valence-electron chi connectivity index (χ3n) is 2.81. The van der Waals surface area contributed by atoms with Gasteiger partial charge in [-0.1, -0.05) is 18.2 Å². The summed E-state index contributed by atoms with van der Waals surface area (Å²) in [5.74, 6) is 0. The standard InChI is InChI=1S/C8H7NOS.C7H5NO/c1-5-2-3-7-6(4-5)9-8(11)10-7;1-2-4-7-6(3-1)8-5-9-7/h2-4H,1H3,(H,9,11);1-5H. The average Bonchev–Trinajstić information content (AvgIpc) is 3.04. The summed E-state index contributed by atoms with van der Waals surface area (Å²) < 4.78 is 10.2. The second-order valence-corrected chi connectivity index (χ2v) is 4.71. The first kappa shape index (κ1) is 12.6. The largest absolute Gasteiger partial charge is 0.443 e. The number of aryl methyl sites for hydroxylation is 1. The number of rotatable bonds is 0. The van der Waals surface area contributed by atoms with E-state index in [-0.39, 0.29) is 0 Å². The molecule has 0 fully saturated rings. The van der Waals surface area contributed by atoms with Crippen LogP contribution in [0.15, 0.2) is 57.7 Å². The van der Waals surface area contributed by atoms with Crippen molar-refractivity contribution in [3.05, 3.63) is 59.3 Å². The zero-order valence-electron chi connectivity index (χ0n) is 10.8. The van der Waals surface area contributed by atoms with Gasteiger partial charge in [-0.25, -0.2) is 4.98 Å². The molecular weight excluding hydrogens is 272 g/mol. The van der Waals surface area contributed by atoms with Gasteiger partial charge in [0.25, 0.3) is 4.84 Å². The van der Waals surface area contributed by atoms with Crippen LogP contribution in [0.3, 0.4) is 0 Å². The van der Waals surface area contributed by atoms with Crippen LogP contribution in [0.2, 0.25) is 0 Å². The van der Waals surface area contributed by atoms with Crippen molar-refractivity contribution in [3.8, 4) is 0 Å². The van der Waals surface area contributed by atoms with Gasteiger partial charge in [-0.3, -0.25) is 0 Å². The molecular formula is C15H12N2O2S. The molecule has 5 heteroatoms. The third kappa shape index (κ3) is 2.62. The maximum atomic E-state index is 5.18. The monoisotopic (exact) mass is 284 g/mol. The smallest absolute Gasteiger partial charge is 0.266 e. The molecule has 1 N–H and O–H groups in total. The normalized spacial score (nSPS) is 10.4. The molecule has 2 aromatic carbocycles. The molecule has 0 unspecified atom stereocenters. The number of nitrogens with zero attached hydrogens (tertiary/aromatic N) is 1. The second-order valence-electron chi connectivity index (χ2n) is 4.33. The van der Waals surface area contributed by atoms with Gasteiger partial charge in [0.1, 0.15) is 5.52 Å². The van der Waals surface area contributed by atoms with Crippen LogP contribution in [0.1, 0.15) is 5.56 Å². The van der Waals surface area contributed by atoms with E-state index in [4.69, 9.17) is 21.1 Å². The molecule has 0 saturated heterocycles. The Morgan fingerprint density at radius 2 is 1.95 bits per heavy atom. The highest BCUT2D eigenvalue weighted by atomic mass is 32.1. The van der Waals surface area contributed by atoms with Crippen molar-refractivity contribution in [3.63, 3.8) is 0 Å². The molecule has 4 rings (SSSR count). The van der Waals surface area contributed by atoms with Crippen molar-refractivity contribution in [2.24, 2.45) is 0 Å². The van der Waals surface area contributed by atoms with Gasteiger partial charge in [-0.05, 0) is 49.0 Å². The lowest BCUT2D eigenvalue weighted by atomic mass is 10.2. The first-order chi connectivity index (χ1) is 9.72. The van der Waals surface area contributed by atoms with Crippen molar-refractivity contribution >= 4 is 34.4 Å². The fourth-order valence-electron chi connectivity index (χ4n) is 1.87. The molecule has 0 radical (unpaired) electrons. The van der Waals surface area contributed by atoms with Crippen LogP contribution in [0.4, 0.5) is 0 Å². The summed E-state index contributed by atoms with van der Waals surface area (Å²) in [6, 6.07) is 13.6. The summed E-state index contributed by atoms with van der Waals surface area (Å²) in [6.07, 6.45) is 1.45. The molecule has 2 aromatic heterocycles. The van der Waals surface area contributed by atoms with Crippen molar-refractivity contribution < 1.29 is 8.83 Å². The van der Waals surface area contributed by atoms with E-state index in [9.17, 15) is 0 Å². The minimum atomic E-state index is 0.436. The zero-order chi connectivity index (χ0) is 13.9. The average molecular weight is 284 g/mol. The predicted molar refractivity (Wildman–Crippen MR) is 80.1 cm³/mol. The molecule has 0 amide bonds. The number of aromatic amines is 1. The van der Waals surface area contributed by atoms with Crippen molar-refractivity contribution in [2.75, 3.05) is 0 Å². The maximum Gasteiger partial charge on any atom is 0.266 e. The number of para-hydroxylation sites is 2. The molecule has 0 spiro atoms. The summed E-state index contributed by atoms with van der Waals surface area (Å²) in [5.41, 5.74) is 4.75. The number of fused-ring (bicyclic) bond motifs is 2. The first-order valence-electron chi connectivity index (χ1n) is 6.10. The molecule has 0 atom stereocenters. The summed E-state index contributed by atoms with van der Waals surface area (Å²) >= 11 is 4.83. The topological polar surface area (TPSA) is 55.0 Å². The van der Waals surface area contributed by atoms with Gasteiger partial charge >= 0.3 is 0 Å². The highest BCUT2D eigenvalue weighted by Crippen LogP contribution is 2.14. The van der Waals surface area contributed by atoms with E-state index in [1.165, 1.54) is 12.0 Å². The number of hydrogen-bond donors (Lipinski definition) is 1. The fraction of sp³-hybridized carbons (Fsp3) is 0.0667. The van der Waals surface area contributed by atoms with Gasteiger partial charge in [0.2, 0.25) is 0 Å². The van der Waals surface area contributed by atoms with E-state index in [0.717, 1.165) is 22.2 Å². The summed E-state index contributed by atoms with van der Waals surface area (Å²) in [6.45, 7) is 2.03. The maximum absolute atomic E-state index is 5.18. The lowest BCUT2D eigenvalue weighted by Gasteiger charge is -1.88. The lowest BCUT2D eigenvalue weighted by Crippen LogP contribution is -1.70. The van der Waals surface area contributed by atoms with E-state index >= 15 is 0 Å². The van der Waals surface area contributed by atoms with E-state index < -0.39 is 0 Å². The van der Waals surface area contributed by atoms with E-state index in [1.54, 1.807) is 0 Å². The molecule has 4 nitrogen and oxygen atoms in total. The van der Waals surface area contributed by atoms with Crippen LogP contribution >= 0.6 is 12.2 Å². The van der Waals surface area contributed by atoms with E-state index in [1.807, 2.05) is 49.4 Å². The number of H-pyrrole nitrogens is 1. The number of nitrogens with one attached hydrogen (secondary N) is 1. The minimum absolute atomic E-state index is 0.436. The second kappa shape index (κ2) is 5.30. The summed E-state index contributed by atoms with van der Waals surface area (Å²) in [5, 5.41) is 0. The van der Waals surface area contributed by atoms with Crippen LogP contribution in [-0.4, -0.2) is 9.97 Å². The van der Waals surface area contributed by atoms with Crippen LogP contribution in [0.5, 0.6) is 0 Å². The van der Waals surface area contributed by atoms with Crippen molar-refractivity contribution in [1.29, 1.82) is 0 Å². The fourth-order valence-corrected chi connectivity index (χ4v) is 2.07. The van der Waals surface area contributed by atoms with E-state index in [2.05, 4.69) is 9.97 Å². The Balaban J connectivity index is 0.000000123. The zero-order valence-corrected chi connectivity index (χ0v) is 11.6. The Labute approximate surface area is 120 Å². The molecule has 20 heavy (non-hydrogen) atoms. The Morgan fingerprint density at radius 1 is 1.10 bits per heavy atom. The van der Waals surface area contributed by atoms with Crippen molar-refractivity contribution in [1.82, 2.24) is 9.97 Å². The highest BCUT2D eigenvalue weighted by Gasteiger charge is 1.96. The Hall–Kier alpha value is -2.40. The van der Waals surface area contributed by atoms with Gasteiger partial charge in [0.15, 0.2) is 17.6 Å². The number of hydrogen-bond acceptors (Lipinski definition) is 4. The molecule has 0 saturated carbocycles.